The van der Waals surface area contributed by atoms with Crippen molar-refractivity contribution in [3.05, 3.63) is 18.0 Å². The molecule has 0 unspecified atom stereocenters. The number of alkyl halides is 3. The first-order valence-corrected chi connectivity index (χ1v) is 9.67. The maximum Gasteiger partial charge on any atom is 0.453 e. The van der Waals surface area contributed by atoms with E-state index in [1.54, 1.807) is 6.07 Å². The van der Waals surface area contributed by atoms with Crippen LogP contribution in [0.4, 0.5) is 19.0 Å². The van der Waals surface area contributed by atoms with E-state index in [0.29, 0.717) is 31.7 Å². The number of esters is 1. The predicted octanol–water partition coefficient (Wildman–Crippen LogP) is 3.24. The molecule has 1 saturated carbocycles. The summed E-state index contributed by atoms with van der Waals surface area (Å²) in [4.78, 5) is 14.3. The van der Waals surface area contributed by atoms with E-state index >= 15 is 0 Å². The molecular weight excluding hydrogens is 375 g/mol. The lowest BCUT2D eigenvalue weighted by Crippen LogP contribution is -2.38. The topological polar surface area (TPSA) is 72.6 Å². The number of hydrogen-bond donors (Lipinski definition) is 0. The molecule has 0 spiro atoms. The van der Waals surface area contributed by atoms with Crippen LogP contribution in [0.2, 0.25) is 0 Å². The highest BCUT2D eigenvalue weighted by molar-refractivity contribution is 5.73. The van der Waals surface area contributed by atoms with E-state index in [0.717, 1.165) is 30.2 Å². The fourth-order valence-electron chi connectivity index (χ4n) is 3.91. The number of ether oxygens (including phenoxy) is 1. The van der Waals surface area contributed by atoms with Gasteiger partial charge in [0, 0.05) is 13.1 Å². The van der Waals surface area contributed by atoms with Crippen LogP contribution in [0, 0.1) is 5.92 Å². The molecule has 0 N–H and O–H groups in total. The average molecular weight is 397 g/mol. The molecule has 2 aromatic heterocycles. The van der Waals surface area contributed by atoms with Crippen LogP contribution in [-0.4, -0.2) is 45.0 Å². The quantitative estimate of drug-likeness (QED) is 0.741. The van der Waals surface area contributed by atoms with Crippen LogP contribution in [0.25, 0.3) is 5.65 Å². The van der Waals surface area contributed by atoms with Gasteiger partial charge in [0.15, 0.2) is 5.65 Å². The van der Waals surface area contributed by atoms with Crippen LogP contribution in [0.1, 0.15) is 50.8 Å². The van der Waals surface area contributed by atoms with Crippen LogP contribution >= 0.6 is 0 Å². The van der Waals surface area contributed by atoms with Crippen molar-refractivity contribution < 1.29 is 22.7 Å². The van der Waals surface area contributed by atoms with E-state index < -0.39 is 12.0 Å². The molecule has 0 bridgehead atoms. The summed E-state index contributed by atoms with van der Waals surface area (Å²) < 4.78 is 45.5. The van der Waals surface area contributed by atoms with Crippen molar-refractivity contribution in [2.45, 2.75) is 57.2 Å². The van der Waals surface area contributed by atoms with Gasteiger partial charge in [-0.05, 0) is 50.7 Å². The monoisotopic (exact) mass is 397 g/mol. The molecule has 2 aromatic rings. The van der Waals surface area contributed by atoms with E-state index in [1.807, 2.05) is 4.90 Å². The van der Waals surface area contributed by atoms with Gasteiger partial charge in [-0.25, -0.2) is 0 Å². The molecule has 1 aliphatic heterocycles. The molecule has 2 aliphatic rings. The van der Waals surface area contributed by atoms with Crippen molar-refractivity contribution in [2.75, 3.05) is 18.0 Å². The fraction of sp³-hybridized carbons (Fsp3) is 0.667. The first kappa shape index (κ1) is 18.9. The smallest absolute Gasteiger partial charge is 0.453 e. The summed E-state index contributed by atoms with van der Waals surface area (Å²) in [5.74, 6) is -1.04. The largest absolute Gasteiger partial charge is 0.462 e. The minimum atomic E-state index is -4.62. The van der Waals surface area contributed by atoms with E-state index in [2.05, 4.69) is 15.3 Å². The summed E-state index contributed by atoms with van der Waals surface area (Å²) in [6.07, 6.45) is 1.90. The molecule has 10 heteroatoms. The molecule has 0 amide bonds. The highest BCUT2D eigenvalue weighted by atomic mass is 19.4. The van der Waals surface area contributed by atoms with Gasteiger partial charge >= 0.3 is 12.1 Å². The Kier molecular flexibility index (Phi) is 5.11. The van der Waals surface area contributed by atoms with Crippen LogP contribution in [0.15, 0.2) is 12.1 Å². The Balaban J connectivity index is 1.40. The summed E-state index contributed by atoms with van der Waals surface area (Å²) in [7, 11) is 0. The van der Waals surface area contributed by atoms with E-state index in [4.69, 9.17) is 4.74 Å². The lowest BCUT2D eigenvalue weighted by molar-refractivity contribution is -0.156. The number of aromatic nitrogens is 4. The molecule has 0 atom stereocenters. The third kappa shape index (κ3) is 3.90. The maximum absolute atomic E-state index is 13.0. The number of halogens is 3. The molecule has 0 radical (unpaired) electrons. The van der Waals surface area contributed by atoms with Crippen molar-refractivity contribution in [2.24, 2.45) is 5.92 Å². The van der Waals surface area contributed by atoms with Crippen molar-refractivity contribution >= 4 is 17.4 Å². The Bertz CT molecular complexity index is 839. The maximum atomic E-state index is 13.0. The van der Waals surface area contributed by atoms with Gasteiger partial charge in [-0.15, -0.1) is 15.3 Å². The molecule has 7 nitrogen and oxygen atoms in total. The molecular formula is C18H22F3N5O2. The second kappa shape index (κ2) is 7.56. The number of anilines is 1. The highest BCUT2D eigenvalue weighted by Gasteiger charge is 2.38. The number of piperidine rings is 1. The van der Waals surface area contributed by atoms with Crippen LogP contribution in [0.3, 0.4) is 0 Å². The van der Waals surface area contributed by atoms with Gasteiger partial charge in [-0.1, -0.05) is 6.42 Å². The lowest BCUT2D eigenvalue weighted by Gasteiger charge is -2.32. The number of carbonyl (C=O) groups is 1. The van der Waals surface area contributed by atoms with Gasteiger partial charge in [-0.2, -0.15) is 17.7 Å². The Labute approximate surface area is 159 Å². The van der Waals surface area contributed by atoms with Gasteiger partial charge in [-0.3, -0.25) is 4.79 Å². The summed E-state index contributed by atoms with van der Waals surface area (Å²) in [5, 5.41) is 10.8. The molecule has 2 fully saturated rings. The Morgan fingerprint density at radius 3 is 2.43 bits per heavy atom. The van der Waals surface area contributed by atoms with Gasteiger partial charge in [0.25, 0.3) is 5.82 Å². The van der Waals surface area contributed by atoms with Crippen molar-refractivity contribution in [3.63, 3.8) is 0 Å². The molecule has 1 saturated heterocycles. The first-order valence-electron chi connectivity index (χ1n) is 9.67. The third-order valence-electron chi connectivity index (χ3n) is 5.49. The number of carbonyl (C=O) groups excluding carboxylic acids is 1. The molecule has 4 rings (SSSR count). The van der Waals surface area contributed by atoms with E-state index in [9.17, 15) is 18.0 Å². The summed E-state index contributed by atoms with van der Waals surface area (Å²) in [6, 6.07) is 3.10. The van der Waals surface area contributed by atoms with E-state index in [1.165, 1.54) is 12.5 Å². The second-order valence-electron chi connectivity index (χ2n) is 7.44. The number of hydrogen-bond acceptors (Lipinski definition) is 6. The molecule has 28 heavy (non-hydrogen) atoms. The zero-order valence-electron chi connectivity index (χ0n) is 15.4. The van der Waals surface area contributed by atoms with E-state index in [-0.39, 0.29) is 23.6 Å². The highest BCUT2D eigenvalue weighted by Crippen LogP contribution is 2.29. The number of fused-ring (bicyclic) bond motifs is 1. The summed E-state index contributed by atoms with van der Waals surface area (Å²) >= 11 is 0. The van der Waals surface area contributed by atoms with Crippen molar-refractivity contribution in [1.29, 1.82) is 0 Å². The zero-order chi connectivity index (χ0) is 19.7. The lowest BCUT2D eigenvalue weighted by atomic mass is 9.95. The van der Waals surface area contributed by atoms with Crippen LogP contribution in [0.5, 0.6) is 0 Å². The van der Waals surface area contributed by atoms with Gasteiger partial charge in [0.05, 0.1) is 5.92 Å². The first-order chi connectivity index (χ1) is 13.4. The number of rotatable bonds is 3. The Hall–Kier alpha value is -2.39. The summed E-state index contributed by atoms with van der Waals surface area (Å²) in [5.41, 5.74) is 0.0435. The molecule has 1 aliphatic carbocycles. The minimum absolute atomic E-state index is 0.0397. The minimum Gasteiger partial charge on any atom is -0.462 e. The van der Waals surface area contributed by atoms with Gasteiger partial charge in [0.2, 0.25) is 0 Å². The standard InChI is InChI=1S/C18H22F3N5O2/c19-18(20,21)17-23-22-14-6-7-15(24-26(14)17)25-10-8-12(9-11-25)16(27)28-13-4-2-1-3-5-13/h6-7,12-13H,1-5,8-11H2. The Morgan fingerprint density at radius 1 is 1.04 bits per heavy atom. The molecule has 3 heterocycles. The second-order valence-corrected chi connectivity index (χ2v) is 7.44. The Morgan fingerprint density at radius 2 is 1.75 bits per heavy atom. The fourth-order valence-corrected chi connectivity index (χ4v) is 3.91. The number of nitrogens with zero attached hydrogens (tertiary/aromatic N) is 5. The van der Waals surface area contributed by atoms with Crippen molar-refractivity contribution in [1.82, 2.24) is 19.8 Å². The summed E-state index contributed by atoms with van der Waals surface area (Å²) in [6.45, 7) is 1.07. The van der Waals surface area contributed by atoms with Crippen LogP contribution in [-0.2, 0) is 15.7 Å². The molecule has 0 aromatic carbocycles. The molecule has 152 valence electrons. The normalized spacial score (nSPS) is 19.9. The van der Waals surface area contributed by atoms with Crippen LogP contribution < -0.4 is 4.90 Å². The van der Waals surface area contributed by atoms with Gasteiger partial charge < -0.3 is 9.64 Å². The van der Waals surface area contributed by atoms with Crippen molar-refractivity contribution in [3.8, 4) is 0 Å². The average Bonchev–Trinajstić information content (AvgIpc) is 3.12. The third-order valence-corrected chi connectivity index (χ3v) is 5.49. The van der Waals surface area contributed by atoms with Gasteiger partial charge in [0.1, 0.15) is 11.9 Å². The predicted molar refractivity (Wildman–Crippen MR) is 93.7 cm³/mol. The zero-order valence-corrected chi connectivity index (χ0v) is 15.4. The SMILES string of the molecule is O=C(OC1CCCCC1)C1CCN(c2ccc3nnc(C(F)(F)F)n3n2)CC1.